The fraction of sp³-hybridized carbons (Fsp3) is 0.936. The molecule has 0 unspecified atom stereocenters. The van der Waals surface area contributed by atoms with Crippen LogP contribution in [0.3, 0.4) is 0 Å². The average molecular weight is 773 g/mol. The Morgan fingerprint density at radius 2 is 0.727 bits per heavy atom. The molecule has 0 N–H and O–H groups in total. The number of hydrogen-bond acceptors (Lipinski definition) is 8. The van der Waals surface area contributed by atoms with Gasteiger partial charge in [-0.3, -0.25) is 0 Å². The van der Waals surface area contributed by atoms with Gasteiger partial charge in [-0.1, -0.05) is 104 Å². The van der Waals surface area contributed by atoms with Crippen molar-refractivity contribution in [1.82, 2.24) is 0 Å². The molecule has 7 rings (SSSR count). The highest BCUT2D eigenvalue weighted by molar-refractivity contribution is 5.87. The third-order valence-corrected chi connectivity index (χ3v) is 14.2. The molecule has 8 nitrogen and oxygen atoms in total. The minimum atomic E-state index is -0.658. The van der Waals surface area contributed by atoms with Crippen LogP contribution in [0.5, 0.6) is 0 Å². The summed E-state index contributed by atoms with van der Waals surface area (Å²) in [7, 11) is 0. The zero-order valence-corrected chi connectivity index (χ0v) is 35.8. The van der Waals surface area contributed by atoms with E-state index in [1.807, 2.05) is 0 Å². The van der Waals surface area contributed by atoms with Crippen LogP contribution in [0.1, 0.15) is 182 Å². The average Bonchev–Trinajstić information content (AvgIpc) is 3.08. The van der Waals surface area contributed by atoms with Gasteiger partial charge in [0.25, 0.3) is 0 Å². The summed E-state index contributed by atoms with van der Waals surface area (Å²) in [6.45, 7) is 20.5. The van der Waals surface area contributed by atoms with Gasteiger partial charge < -0.3 is 33.2 Å². The summed E-state index contributed by atoms with van der Waals surface area (Å²) in [5.74, 6) is -0.297. The van der Waals surface area contributed by atoms with Crippen LogP contribution in [-0.4, -0.2) is 87.8 Å². The molecule has 3 saturated heterocycles. The van der Waals surface area contributed by atoms with Crippen molar-refractivity contribution < 1.29 is 38.0 Å². The van der Waals surface area contributed by atoms with Crippen molar-refractivity contribution in [2.24, 2.45) is 16.2 Å². The fourth-order valence-corrected chi connectivity index (χ4v) is 11.3. The molecular weight excluding hydrogens is 693 g/mol. The van der Waals surface area contributed by atoms with Gasteiger partial charge in [0.1, 0.15) is 5.60 Å². The minimum Gasteiger partial charge on any atom is -0.455 e. The lowest BCUT2D eigenvalue weighted by atomic mass is 9.48. The van der Waals surface area contributed by atoms with E-state index in [2.05, 4.69) is 27.4 Å². The third kappa shape index (κ3) is 12.0. The molecule has 0 aromatic heterocycles. The second-order valence-electron chi connectivity index (χ2n) is 21.0. The predicted molar refractivity (Wildman–Crippen MR) is 217 cm³/mol. The second-order valence-corrected chi connectivity index (χ2v) is 21.0. The van der Waals surface area contributed by atoms with Gasteiger partial charge in [0.2, 0.25) is 0 Å². The van der Waals surface area contributed by atoms with E-state index in [1.165, 1.54) is 96.3 Å². The number of hydrogen-bond donors (Lipinski definition) is 0. The number of rotatable bonds is 29. The molecule has 55 heavy (non-hydrogen) atoms. The highest BCUT2D eigenvalue weighted by Crippen LogP contribution is 2.65. The van der Waals surface area contributed by atoms with E-state index in [0.29, 0.717) is 21.8 Å². The maximum absolute atomic E-state index is 13.3. The summed E-state index contributed by atoms with van der Waals surface area (Å²) < 4.78 is 44.1. The molecule has 0 spiro atoms. The maximum atomic E-state index is 13.3. The van der Waals surface area contributed by atoms with E-state index in [0.717, 1.165) is 117 Å². The van der Waals surface area contributed by atoms with Crippen LogP contribution in [0.15, 0.2) is 12.2 Å². The van der Waals surface area contributed by atoms with Crippen molar-refractivity contribution in [3.05, 3.63) is 12.2 Å². The second kappa shape index (κ2) is 18.9. The summed E-state index contributed by atoms with van der Waals surface area (Å²) in [4.78, 5) is 13.3. The monoisotopic (exact) mass is 773 g/mol. The smallest absolute Gasteiger partial charge is 0.333 e. The van der Waals surface area contributed by atoms with Crippen LogP contribution in [0, 0.1) is 16.2 Å². The van der Waals surface area contributed by atoms with Gasteiger partial charge in [-0.25, -0.2) is 4.79 Å². The Labute approximate surface area is 335 Å². The van der Waals surface area contributed by atoms with Gasteiger partial charge >= 0.3 is 5.97 Å². The molecule has 8 heteroatoms. The van der Waals surface area contributed by atoms with Gasteiger partial charge in [-0.05, 0) is 45.4 Å². The van der Waals surface area contributed by atoms with Crippen LogP contribution in [0.2, 0.25) is 0 Å². The number of carbonyl (C=O) groups excluding carboxylic acids is 1. The summed E-state index contributed by atoms with van der Waals surface area (Å²) in [6, 6.07) is 0. The SMILES string of the molecule is C=C(C)C(=O)OC12CC3(OCCCCCCCC4(C)COC4)CC(OCCCCCCCC4(C)COC4)(CC(OCCCCCCCC4(C)COC4)(C3)C1)C2. The van der Waals surface area contributed by atoms with E-state index in [9.17, 15) is 4.79 Å². The first-order valence-corrected chi connectivity index (χ1v) is 22.9. The van der Waals surface area contributed by atoms with E-state index in [4.69, 9.17) is 33.2 Å². The summed E-state index contributed by atoms with van der Waals surface area (Å²) in [6.07, 6.45) is 26.7. The van der Waals surface area contributed by atoms with Gasteiger partial charge in [0.15, 0.2) is 0 Å². The minimum absolute atomic E-state index is 0.297. The first-order chi connectivity index (χ1) is 26.3. The van der Waals surface area contributed by atoms with Crippen molar-refractivity contribution in [3.8, 4) is 0 Å². The number of esters is 1. The van der Waals surface area contributed by atoms with Gasteiger partial charge in [-0.2, -0.15) is 0 Å². The van der Waals surface area contributed by atoms with E-state index in [1.54, 1.807) is 6.92 Å². The Balaban J connectivity index is 1.03. The highest BCUT2D eigenvalue weighted by Gasteiger charge is 2.72. The lowest BCUT2D eigenvalue weighted by Crippen LogP contribution is -2.74. The van der Waals surface area contributed by atoms with E-state index >= 15 is 0 Å². The zero-order valence-electron chi connectivity index (χ0n) is 35.8. The number of carbonyl (C=O) groups is 1. The Morgan fingerprint density at radius 3 is 1.00 bits per heavy atom. The van der Waals surface area contributed by atoms with Crippen molar-refractivity contribution >= 4 is 5.97 Å². The van der Waals surface area contributed by atoms with Gasteiger partial charge in [0.05, 0.1) is 56.4 Å². The predicted octanol–water partition coefficient (Wildman–Crippen LogP) is 10.6. The Morgan fingerprint density at radius 1 is 0.455 bits per heavy atom. The summed E-state index contributed by atoms with van der Waals surface area (Å²) in [5, 5.41) is 0. The van der Waals surface area contributed by atoms with Crippen LogP contribution >= 0.6 is 0 Å². The molecule has 0 amide bonds. The Bertz CT molecular complexity index is 1100. The van der Waals surface area contributed by atoms with Crippen LogP contribution in [0.25, 0.3) is 0 Å². The molecule has 0 aromatic rings. The van der Waals surface area contributed by atoms with Crippen molar-refractivity contribution in [1.29, 1.82) is 0 Å². The number of ether oxygens (including phenoxy) is 7. The van der Waals surface area contributed by atoms with Gasteiger partial charge in [-0.15, -0.1) is 0 Å². The summed E-state index contributed by atoms with van der Waals surface area (Å²) >= 11 is 0. The topological polar surface area (TPSA) is 81.7 Å². The van der Waals surface area contributed by atoms with E-state index in [-0.39, 0.29) is 5.97 Å². The molecule has 4 saturated carbocycles. The normalized spacial score (nSPS) is 32.1. The molecular formula is C47H80O8. The fourth-order valence-electron chi connectivity index (χ4n) is 11.3. The highest BCUT2D eigenvalue weighted by atomic mass is 16.6. The molecule has 316 valence electrons. The lowest BCUT2D eigenvalue weighted by molar-refractivity contribution is -0.327. The van der Waals surface area contributed by atoms with E-state index < -0.39 is 22.4 Å². The van der Waals surface area contributed by atoms with Gasteiger partial charge in [0, 0.05) is 80.2 Å². The lowest BCUT2D eigenvalue weighted by Gasteiger charge is -2.68. The first kappa shape index (κ1) is 43.5. The standard InChI is InChI=1S/C47H80O8/c1-39(2)40(48)55-47-30-44(52-24-18-12-6-9-15-21-41(3)33-49-34-41)27-45(31-47,53-25-19-13-7-10-16-22-42(4)35-50-36-42)29-46(28-44,32-47)54-26-20-14-8-11-17-23-43(5)37-51-38-43/h1,6-38H2,2-5H3. The summed E-state index contributed by atoms with van der Waals surface area (Å²) in [5.41, 5.74) is -0.205. The van der Waals surface area contributed by atoms with Crippen LogP contribution < -0.4 is 0 Å². The molecule has 0 aromatic carbocycles. The Kier molecular flexibility index (Phi) is 15.0. The maximum Gasteiger partial charge on any atom is 0.333 e. The molecule has 0 atom stereocenters. The largest absolute Gasteiger partial charge is 0.455 e. The van der Waals surface area contributed by atoms with Crippen LogP contribution in [0.4, 0.5) is 0 Å². The van der Waals surface area contributed by atoms with Crippen molar-refractivity contribution in [2.75, 3.05) is 59.5 Å². The number of unbranched alkanes of at least 4 members (excludes halogenated alkanes) is 12. The molecule has 7 fully saturated rings. The Hall–Kier alpha value is -1.03. The molecule has 3 heterocycles. The molecule has 0 radical (unpaired) electrons. The van der Waals surface area contributed by atoms with Crippen molar-refractivity contribution in [2.45, 2.75) is 204 Å². The molecule has 4 aliphatic carbocycles. The quantitative estimate of drug-likeness (QED) is 0.0422. The first-order valence-electron chi connectivity index (χ1n) is 22.9. The molecule has 3 aliphatic heterocycles. The third-order valence-electron chi connectivity index (χ3n) is 14.2. The molecule has 4 bridgehead atoms. The van der Waals surface area contributed by atoms with Crippen molar-refractivity contribution in [3.63, 3.8) is 0 Å². The molecule has 7 aliphatic rings. The zero-order chi connectivity index (χ0) is 38.9. The van der Waals surface area contributed by atoms with Crippen LogP contribution in [-0.2, 0) is 38.0 Å².